The Labute approximate surface area is 105 Å². The molecule has 1 aromatic rings. The van der Waals surface area contributed by atoms with Crippen LogP contribution < -0.4 is 5.32 Å². The normalized spacial score (nSPS) is 25.7. The van der Waals surface area contributed by atoms with E-state index in [0.29, 0.717) is 0 Å². The molecular formula is C14H25N3. The maximum atomic E-state index is 4.06. The molecule has 17 heavy (non-hydrogen) atoms. The summed E-state index contributed by atoms with van der Waals surface area (Å²) in [6.07, 6.45) is 14.0. The average Bonchev–Trinajstić information content (AvgIpc) is 2.76. The quantitative estimate of drug-likeness (QED) is 0.628. The van der Waals surface area contributed by atoms with E-state index in [9.17, 15) is 0 Å². The van der Waals surface area contributed by atoms with E-state index in [1.54, 1.807) is 0 Å². The number of hydrogen-bond acceptors (Lipinski definition) is 2. The standard InChI is InChI=1S/C14H25N3/c1-13-6-3-2-4-7-14(13)16-8-5-10-17-11-9-15-12-17/h9,11-14,16H,2-8,10H2,1H3. The molecular weight excluding hydrogens is 210 g/mol. The van der Waals surface area contributed by atoms with E-state index in [1.807, 2.05) is 18.7 Å². The lowest BCUT2D eigenvalue weighted by Crippen LogP contribution is -2.35. The van der Waals surface area contributed by atoms with Gasteiger partial charge in [-0.1, -0.05) is 26.2 Å². The highest BCUT2D eigenvalue weighted by Gasteiger charge is 2.18. The zero-order valence-electron chi connectivity index (χ0n) is 10.9. The van der Waals surface area contributed by atoms with Crippen LogP contribution in [0.4, 0.5) is 0 Å². The van der Waals surface area contributed by atoms with Gasteiger partial charge in [0.25, 0.3) is 0 Å². The number of imidazole rings is 1. The lowest BCUT2D eigenvalue weighted by atomic mass is 9.97. The fourth-order valence-electron chi connectivity index (χ4n) is 2.76. The van der Waals surface area contributed by atoms with Crippen molar-refractivity contribution in [3.8, 4) is 0 Å². The molecule has 96 valence electrons. The highest BCUT2D eigenvalue weighted by atomic mass is 15.0. The Kier molecular flexibility index (Phi) is 5.05. The SMILES string of the molecule is CC1CCCCCC1NCCCn1ccnc1. The minimum absolute atomic E-state index is 0.750. The summed E-state index contributed by atoms with van der Waals surface area (Å²) in [4.78, 5) is 4.06. The smallest absolute Gasteiger partial charge is 0.0945 e. The lowest BCUT2D eigenvalue weighted by Gasteiger charge is -2.22. The van der Waals surface area contributed by atoms with E-state index in [4.69, 9.17) is 0 Å². The van der Waals surface area contributed by atoms with E-state index in [2.05, 4.69) is 21.8 Å². The van der Waals surface area contributed by atoms with E-state index in [-0.39, 0.29) is 0 Å². The van der Waals surface area contributed by atoms with Crippen LogP contribution in [0.3, 0.4) is 0 Å². The van der Waals surface area contributed by atoms with Crippen molar-refractivity contribution >= 4 is 0 Å². The Morgan fingerprint density at radius 2 is 2.18 bits per heavy atom. The van der Waals surface area contributed by atoms with Gasteiger partial charge in [-0.05, 0) is 31.7 Å². The molecule has 1 saturated carbocycles. The first-order valence-corrected chi connectivity index (χ1v) is 7.05. The van der Waals surface area contributed by atoms with Crippen LogP contribution in [0.1, 0.15) is 45.4 Å². The molecule has 0 radical (unpaired) electrons. The van der Waals surface area contributed by atoms with Gasteiger partial charge < -0.3 is 9.88 Å². The van der Waals surface area contributed by atoms with E-state index < -0.39 is 0 Å². The number of rotatable bonds is 5. The molecule has 0 spiro atoms. The van der Waals surface area contributed by atoms with Crippen molar-refractivity contribution in [1.29, 1.82) is 0 Å². The van der Waals surface area contributed by atoms with Crippen molar-refractivity contribution in [1.82, 2.24) is 14.9 Å². The number of hydrogen-bond donors (Lipinski definition) is 1. The highest BCUT2D eigenvalue weighted by molar-refractivity contribution is 4.77. The molecule has 0 aromatic carbocycles. The van der Waals surface area contributed by atoms with Crippen molar-refractivity contribution < 1.29 is 0 Å². The molecule has 2 rings (SSSR count). The maximum absolute atomic E-state index is 4.06. The molecule has 3 nitrogen and oxygen atoms in total. The second-order valence-corrected chi connectivity index (χ2v) is 5.33. The van der Waals surface area contributed by atoms with Gasteiger partial charge in [0.1, 0.15) is 0 Å². The van der Waals surface area contributed by atoms with Crippen LogP contribution in [0.25, 0.3) is 0 Å². The molecule has 2 unspecified atom stereocenters. The van der Waals surface area contributed by atoms with Crippen LogP contribution in [0.15, 0.2) is 18.7 Å². The largest absolute Gasteiger partial charge is 0.337 e. The molecule has 1 aliphatic carbocycles. The summed E-state index contributed by atoms with van der Waals surface area (Å²) >= 11 is 0. The molecule has 0 bridgehead atoms. The fourth-order valence-corrected chi connectivity index (χ4v) is 2.76. The molecule has 1 N–H and O–H groups in total. The minimum atomic E-state index is 0.750. The van der Waals surface area contributed by atoms with E-state index in [0.717, 1.165) is 25.0 Å². The molecule has 3 heteroatoms. The average molecular weight is 235 g/mol. The Morgan fingerprint density at radius 3 is 3.00 bits per heavy atom. The predicted molar refractivity (Wildman–Crippen MR) is 70.9 cm³/mol. The third-order valence-corrected chi connectivity index (χ3v) is 3.92. The van der Waals surface area contributed by atoms with Gasteiger partial charge in [0, 0.05) is 25.0 Å². The zero-order valence-corrected chi connectivity index (χ0v) is 10.9. The topological polar surface area (TPSA) is 29.9 Å². The van der Waals surface area contributed by atoms with Crippen LogP contribution in [-0.2, 0) is 6.54 Å². The summed E-state index contributed by atoms with van der Waals surface area (Å²) in [6, 6.07) is 0.750. The molecule has 1 heterocycles. The fraction of sp³-hybridized carbons (Fsp3) is 0.786. The first kappa shape index (κ1) is 12.6. The summed E-state index contributed by atoms with van der Waals surface area (Å²) in [7, 11) is 0. The second-order valence-electron chi connectivity index (χ2n) is 5.33. The highest BCUT2D eigenvalue weighted by Crippen LogP contribution is 2.22. The molecule has 1 aliphatic rings. The molecule has 0 amide bonds. The molecule has 2 atom stereocenters. The van der Waals surface area contributed by atoms with E-state index in [1.165, 1.54) is 38.5 Å². The van der Waals surface area contributed by atoms with Crippen LogP contribution >= 0.6 is 0 Å². The zero-order chi connectivity index (χ0) is 11.9. The molecule has 1 aromatic heterocycles. The number of nitrogens with zero attached hydrogens (tertiary/aromatic N) is 2. The van der Waals surface area contributed by atoms with Gasteiger partial charge in [-0.15, -0.1) is 0 Å². The minimum Gasteiger partial charge on any atom is -0.337 e. The maximum Gasteiger partial charge on any atom is 0.0945 e. The monoisotopic (exact) mass is 235 g/mol. The van der Waals surface area contributed by atoms with Crippen LogP contribution in [0, 0.1) is 5.92 Å². The summed E-state index contributed by atoms with van der Waals surface area (Å²) in [5.74, 6) is 0.853. The van der Waals surface area contributed by atoms with Crippen molar-refractivity contribution in [2.75, 3.05) is 6.54 Å². The summed E-state index contributed by atoms with van der Waals surface area (Å²) in [5.41, 5.74) is 0. The van der Waals surface area contributed by atoms with Crippen molar-refractivity contribution in [2.45, 2.75) is 58.0 Å². The van der Waals surface area contributed by atoms with Gasteiger partial charge in [0.2, 0.25) is 0 Å². The Balaban J connectivity index is 1.63. The van der Waals surface area contributed by atoms with Gasteiger partial charge in [-0.25, -0.2) is 4.98 Å². The third-order valence-electron chi connectivity index (χ3n) is 3.92. The first-order chi connectivity index (χ1) is 8.36. The van der Waals surface area contributed by atoms with Gasteiger partial charge in [0.05, 0.1) is 6.33 Å². The van der Waals surface area contributed by atoms with Crippen LogP contribution in [0.2, 0.25) is 0 Å². The van der Waals surface area contributed by atoms with Crippen molar-refractivity contribution in [2.24, 2.45) is 5.92 Å². The van der Waals surface area contributed by atoms with Gasteiger partial charge >= 0.3 is 0 Å². The van der Waals surface area contributed by atoms with Crippen LogP contribution in [-0.4, -0.2) is 22.1 Å². The Bertz CT molecular complexity index is 294. The second kappa shape index (κ2) is 6.80. The van der Waals surface area contributed by atoms with Gasteiger partial charge in [-0.2, -0.15) is 0 Å². The summed E-state index contributed by atoms with van der Waals surface area (Å²) in [5, 5.41) is 3.74. The first-order valence-electron chi connectivity index (χ1n) is 7.05. The van der Waals surface area contributed by atoms with E-state index >= 15 is 0 Å². The molecule has 0 saturated heterocycles. The van der Waals surface area contributed by atoms with Crippen LogP contribution in [0.5, 0.6) is 0 Å². The predicted octanol–water partition coefficient (Wildman–Crippen LogP) is 2.83. The third kappa shape index (κ3) is 4.15. The summed E-state index contributed by atoms with van der Waals surface area (Å²) < 4.78 is 2.15. The molecule has 0 aliphatic heterocycles. The Morgan fingerprint density at radius 1 is 1.29 bits per heavy atom. The number of aromatic nitrogens is 2. The molecule has 1 fully saturated rings. The lowest BCUT2D eigenvalue weighted by molar-refractivity contribution is 0.353. The van der Waals surface area contributed by atoms with Crippen molar-refractivity contribution in [3.63, 3.8) is 0 Å². The van der Waals surface area contributed by atoms with Crippen molar-refractivity contribution in [3.05, 3.63) is 18.7 Å². The number of aryl methyl sites for hydroxylation is 1. The number of nitrogens with one attached hydrogen (secondary N) is 1. The van der Waals surface area contributed by atoms with Gasteiger partial charge in [-0.3, -0.25) is 0 Å². The Hall–Kier alpha value is -0.830. The van der Waals surface area contributed by atoms with Gasteiger partial charge in [0.15, 0.2) is 0 Å². The summed E-state index contributed by atoms with van der Waals surface area (Å²) in [6.45, 7) is 4.61.